The minimum Gasteiger partial charge on any atom is -0.493 e. The van der Waals surface area contributed by atoms with Gasteiger partial charge in [-0.05, 0) is 70.0 Å². The largest absolute Gasteiger partial charge is 0.493 e. The number of halogens is 1. The van der Waals surface area contributed by atoms with Gasteiger partial charge in [0.15, 0.2) is 11.5 Å². The summed E-state index contributed by atoms with van der Waals surface area (Å²) in [6.45, 7) is 0.971. The van der Waals surface area contributed by atoms with Gasteiger partial charge in [0.25, 0.3) is 0 Å². The summed E-state index contributed by atoms with van der Waals surface area (Å²) in [5.74, 6) is 1.59. The zero-order valence-electron chi connectivity index (χ0n) is 12.2. The molecule has 1 atom stereocenters. The van der Waals surface area contributed by atoms with Crippen LogP contribution in [0.3, 0.4) is 0 Å². The summed E-state index contributed by atoms with van der Waals surface area (Å²) in [5.41, 5.74) is 3.89. The van der Waals surface area contributed by atoms with E-state index < -0.39 is 0 Å². The van der Waals surface area contributed by atoms with Crippen molar-refractivity contribution in [1.29, 1.82) is 0 Å². The van der Waals surface area contributed by atoms with Gasteiger partial charge in [-0.1, -0.05) is 12.1 Å². The molecule has 21 heavy (non-hydrogen) atoms. The normalized spacial score (nSPS) is 17.2. The van der Waals surface area contributed by atoms with E-state index in [4.69, 9.17) is 9.47 Å². The van der Waals surface area contributed by atoms with Gasteiger partial charge in [-0.25, -0.2) is 0 Å². The van der Waals surface area contributed by atoms with Crippen molar-refractivity contribution in [2.24, 2.45) is 0 Å². The number of fused-ring (bicyclic) bond motifs is 1. The van der Waals surface area contributed by atoms with Gasteiger partial charge in [0.2, 0.25) is 0 Å². The number of hydrogen-bond acceptors (Lipinski definition) is 3. The fourth-order valence-electron chi connectivity index (χ4n) is 2.87. The van der Waals surface area contributed by atoms with Gasteiger partial charge in [-0.3, -0.25) is 0 Å². The minimum atomic E-state index is 0.211. The highest BCUT2D eigenvalue weighted by atomic mass is 127. The Labute approximate surface area is 138 Å². The smallest absolute Gasteiger partial charge is 0.161 e. The van der Waals surface area contributed by atoms with Gasteiger partial charge in [-0.15, -0.1) is 0 Å². The predicted molar refractivity (Wildman–Crippen MR) is 92.3 cm³/mol. The number of benzene rings is 2. The molecule has 3 nitrogen and oxygen atoms in total. The Morgan fingerprint density at radius 2 is 1.86 bits per heavy atom. The molecule has 1 aliphatic rings. The van der Waals surface area contributed by atoms with Crippen LogP contribution in [0.5, 0.6) is 11.5 Å². The van der Waals surface area contributed by atoms with E-state index in [0.29, 0.717) is 0 Å². The van der Waals surface area contributed by atoms with Crippen LogP contribution in [0, 0.1) is 3.57 Å². The molecule has 2 aromatic carbocycles. The van der Waals surface area contributed by atoms with Crippen LogP contribution in [0.25, 0.3) is 0 Å². The maximum atomic E-state index is 5.46. The molecule has 3 rings (SSSR count). The van der Waals surface area contributed by atoms with Crippen molar-refractivity contribution in [1.82, 2.24) is 5.32 Å². The molecule has 0 bridgehead atoms. The minimum absolute atomic E-state index is 0.211. The van der Waals surface area contributed by atoms with E-state index in [0.717, 1.165) is 24.5 Å². The molecule has 1 aliphatic heterocycles. The summed E-state index contributed by atoms with van der Waals surface area (Å²) in [4.78, 5) is 0. The monoisotopic (exact) mass is 395 g/mol. The third kappa shape index (κ3) is 2.87. The third-order valence-corrected chi connectivity index (χ3v) is 4.55. The zero-order chi connectivity index (χ0) is 14.8. The lowest BCUT2D eigenvalue weighted by atomic mass is 9.89. The quantitative estimate of drug-likeness (QED) is 0.807. The summed E-state index contributed by atoms with van der Waals surface area (Å²) in [6.07, 6.45) is 1.01. The van der Waals surface area contributed by atoms with Crippen molar-refractivity contribution in [3.05, 3.63) is 56.7 Å². The molecule has 2 aromatic rings. The van der Waals surface area contributed by atoms with Gasteiger partial charge in [0.1, 0.15) is 0 Å². The topological polar surface area (TPSA) is 30.5 Å². The fraction of sp³-hybridized carbons (Fsp3) is 0.294. The summed E-state index contributed by atoms with van der Waals surface area (Å²) < 4.78 is 12.1. The molecule has 0 saturated carbocycles. The first-order valence-electron chi connectivity index (χ1n) is 6.96. The fourth-order valence-corrected chi connectivity index (χ4v) is 3.43. The van der Waals surface area contributed by atoms with Crippen molar-refractivity contribution < 1.29 is 9.47 Å². The molecule has 0 aromatic heterocycles. The van der Waals surface area contributed by atoms with E-state index in [9.17, 15) is 0 Å². The van der Waals surface area contributed by atoms with Gasteiger partial charge in [-0.2, -0.15) is 0 Å². The van der Waals surface area contributed by atoms with Crippen molar-refractivity contribution >= 4 is 22.6 Å². The average Bonchev–Trinajstić information content (AvgIpc) is 2.52. The molecule has 1 N–H and O–H groups in total. The molecule has 0 aliphatic carbocycles. The molecule has 0 unspecified atom stereocenters. The lowest BCUT2D eigenvalue weighted by Gasteiger charge is -2.28. The average molecular weight is 395 g/mol. The van der Waals surface area contributed by atoms with Crippen LogP contribution in [0.2, 0.25) is 0 Å². The van der Waals surface area contributed by atoms with E-state index in [1.54, 1.807) is 14.2 Å². The third-order valence-electron chi connectivity index (χ3n) is 3.88. The van der Waals surface area contributed by atoms with Gasteiger partial charge < -0.3 is 14.8 Å². The standard InChI is InChI=1S/C17H18INO2/c1-20-15-9-11-6-7-19-17(14(11)10-16(15)21-2)12-4-3-5-13(18)8-12/h3-5,8-10,17,19H,6-7H2,1-2H3/t17-/m1/s1. The molecule has 0 saturated heterocycles. The van der Waals surface area contributed by atoms with Crippen LogP contribution >= 0.6 is 22.6 Å². The summed E-state index contributed by atoms with van der Waals surface area (Å²) in [6, 6.07) is 13.0. The number of methoxy groups -OCH3 is 2. The number of hydrogen-bond donors (Lipinski definition) is 1. The highest BCUT2D eigenvalue weighted by molar-refractivity contribution is 14.1. The Morgan fingerprint density at radius 3 is 2.57 bits per heavy atom. The molecule has 1 heterocycles. The molecule has 0 radical (unpaired) electrons. The highest BCUT2D eigenvalue weighted by Gasteiger charge is 2.23. The van der Waals surface area contributed by atoms with Gasteiger partial charge >= 0.3 is 0 Å². The van der Waals surface area contributed by atoms with E-state index >= 15 is 0 Å². The second-order valence-electron chi connectivity index (χ2n) is 5.10. The van der Waals surface area contributed by atoms with Crippen molar-refractivity contribution in [2.45, 2.75) is 12.5 Å². The van der Waals surface area contributed by atoms with Crippen LogP contribution < -0.4 is 14.8 Å². The van der Waals surface area contributed by atoms with Crippen LogP contribution in [0.1, 0.15) is 22.7 Å². The van der Waals surface area contributed by atoms with Crippen molar-refractivity contribution in [2.75, 3.05) is 20.8 Å². The highest BCUT2D eigenvalue weighted by Crippen LogP contribution is 2.37. The maximum absolute atomic E-state index is 5.46. The second kappa shape index (κ2) is 6.23. The Kier molecular flexibility index (Phi) is 4.35. The lowest BCUT2D eigenvalue weighted by molar-refractivity contribution is 0.353. The number of ether oxygens (including phenoxy) is 2. The molecule has 4 heteroatoms. The van der Waals surface area contributed by atoms with Gasteiger partial charge in [0.05, 0.1) is 20.3 Å². The summed E-state index contributed by atoms with van der Waals surface area (Å²) in [5, 5.41) is 3.61. The number of nitrogens with one attached hydrogen (secondary N) is 1. The zero-order valence-corrected chi connectivity index (χ0v) is 14.3. The Morgan fingerprint density at radius 1 is 1.10 bits per heavy atom. The van der Waals surface area contributed by atoms with Crippen LogP contribution in [-0.4, -0.2) is 20.8 Å². The number of rotatable bonds is 3. The van der Waals surface area contributed by atoms with E-state index in [1.807, 2.05) is 0 Å². The van der Waals surface area contributed by atoms with Crippen molar-refractivity contribution in [3.8, 4) is 11.5 Å². The summed E-state index contributed by atoms with van der Waals surface area (Å²) >= 11 is 2.35. The van der Waals surface area contributed by atoms with Crippen molar-refractivity contribution in [3.63, 3.8) is 0 Å². The first-order valence-corrected chi connectivity index (χ1v) is 8.04. The maximum Gasteiger partial charge on any atom is 0.161 e. The predicted octanol–water partition coefficient (Wildman–Crippen LogP) is 3.54. The molecule has 0 fully saturated rings. The molecular weight excluding hydrogens is 377 g/mol. The summed E-state index contributed by atoms with van der Waals surface area (Å²) in [7, 11) is 3.36. The first-order chi connectivity index (χ1) is 10.2. The molecule has 110 valence electrons. The second-order valence-corrected chi connectivity index (χ2v) is 6.34. The Balaban J connectivity index is 2.09. The van der Waals surface area contributed by atoms with Gasteiger partial charge in [0, 0.05) is 10.1 Å². The van der Waals surface area contributed by atoms with Crippen LogP contribution in [0.4, 0.5) is 0 Å². The molecule has 0 amide bonds. The first kappa shape index (κ1) is 14.7. The lowest BCUT2D eigenvalue weighted by Crippen LogP contribution is -2.30. The van der Waals surface area contributed by atoms with E-state index in [-0.39, 0.29) is 6.04 Å². The van der Waals surface area contributed by atoms with Crippen LogP contribution in [0.15, 0.2) is 36.4 Å². The van der Waals surface area contributed by atoms with E-state index in [2.05, 4.69) is 64.3 Å². The van der Waals surface area contributed by atoms with E-state index in [1.165, 1.54) is 20.3 Å². The Hall–Kier alpha value is -1.27. The Bertz CT molecular complexity index is 657. The SMILES string of the molecule is COc1cc2c(cc1OC)[C@@H](c1cccc(I)c1)NCC2. The molecule has 0 spiro atoms. The van der Waals surface area contributed by atoms with Crippen LogP contribution in [-0.2, 0) is 6.42 Å². The molecular formula is C17H18INO2.